The van der Waals surface area contributed by atoms with Crippen molar-refractivity contribution < 1.29 is 14.6 Å². The molecule has 1 aliphatic heterocycles. The molecule has 0 saturated heterocycles. The van der Waals surface area contributed by atoms with Crippen molar-refractivity contribution in [3.05, 3.63) is 48.0 Å². The zero-order valence-electron chi connectivity index (χ0n) is 11.0. The summed E-state index contributed by atoms with van der Waals surface area (Å²) < 4.78 is 11.3. The van der Waals surface area contributed by atoms with Crippen LogP contribution in [0.4, 0.5) is 0 Å². The van der Waals surface area contributed by atoms with E-state index < -0.39 is 0 Å². The standard InChI is InChI=1S/C16H16O3S/c17-11-12-2-4-13(5-3-12)20-14-6-7-15-16(10-14)19-9-1-8-18-15/h2-7,10,17H,1,8-9,11H2. The Hall–Kier alpha value is -1.65. The maximum Gasteiger partial charge on any atom is 0.162 e. The molecule has 3 rings (SSSR count). The monoisotopic (exact) mass is 288 g/mol. The Kier molecular flexibility index (Phi) is 4.14. The Bertz CT molecular complexity index is 581. The van der Waals surface area contributed by atoms with E-state index >= 15 is 0 Å². The molecule has 4 heteroatoms. The van der Waals surface area contributed by atoms with Gasteiger partial charge in [-0.25, -0.2) is 0 Å². The van der Waals surface area contributed by atoms with Gasteiger partial charge in [0.05, 0.1) is 19.8 Å². The average molecular weight is 288 g/mol. The van der Waals surface area contributed by atoms with Crippen LogP contribution < -0.4 is 9.47 Å². The maximum absolute atomic E-state index is 9.04. The van der Waals surface area contributed by atoms with Gasteiger partial charge in [-0.15, -0.1) is 0 Å². The Balaban J connectivity index is 1.78. The summed E-state index contributed by atoms with van der Waals surface area (Å²) in [7, 11) is 0. The summed E-state index contributed by atoms with van der Waals surface area (Å²) in [4.78, 5) is 2.25. The van der Waals surface area contributed by atoms with Gasteiger partial charge in [-0.3, -0.25) is 0 Å². The van der Waals surface area contributed by atoms with Gasteiger partial charge >= 0.3 is 0 Å². The first-order chi connectivity index (χ1) is 9.85. The van der Waals surface area contributed by atoms with Crippen molar-refractivity contribution in [2.45, 2.75) is 22.8 Å². The lowest BCUT2D eigenvalue weighted by Gasteiger charge is -2.09. The summed E-state index contributed by atoms with van der Waals surface area (Å²) in [5.41, 5.74) is 0.924. The van der Waals surface area contributed by atoms with Gasteiger partial charge in [0, 0.05) is 16.2 Å². The van der Waals surface area contributed by atoms with Gasteiger partial charge < -0.3 is 14.6 Å². The molecule has 3 nitrogen and oxygen atoms in total. The molecule has 0 atom stereocenters. The van der Waals surface area contributed by atoms with Crippen LogP contribution in [0.3, 0.4) is 0 Å². The second-order valence-electron chi connectivity index (χ2n) is 4.56. The number of ether oxygens (including phenoxy) is 2. The first kappa shape index (κ1) is 13.3. The number of hydrogen-bond acceptors (Lipinski definition) is 4. The van der Waals surface area contributed by atoms with E-state index in [2.05, 4.69) is 0 Å². The summed E-state index contributed by atoms with van der Waals surface area (Å²) in [5, 5.41) is 9.04. The molecule has 2 aromatic carbocycles. The molecule has 0 fully saturated rings. The van der Waals surface area contributed by atoms with Gasteiger partial charge in [-0.05, 0) is 35.9 Å². The van der Waals surface area contributed by atoms with Crippen molar-refractivity contribution in [2.75, 3.05) is 13.2 Å². The lowest BCUT2D eigenvalue weighted by molar-refractivity contribution is 0.282. The molecule has 1 N–H and O–H groups in total. The van der Waals surface area contributed by atoms with Crippen LogP contribution in [0.25, 0.3) is 0 Å². The number of rotatable bonds is 3. The summed E-state index contributed by atoms with van der Waals surface area (Å²) in [5.74, 6) is 1.64. The average Bonchev–Trinajstić information content (AvgIpc) is 2.73. The first-order valence-electron chi connectivity index (χ1n) is 6.62. The predicted octanol–water partition coefficient (Wildman–Crippen LogP) is 3.49. The lowest BCUT2D eigenvalue weighted by atomic mass is 10.2. The molecule has 0 aliphatic carbocycles. The summed E-state index contributed by atoms with van der Waals surface area (Å²) >= 11 is 1.67. The highest BCUT2D eigenvalue weighted by atomic mass is 32.2. The zero-order valence-corrected chi connectivity index (χ0v) is 11.9. The molecule has 104 valence electrons. The minimum Gasteiger partial charge on any atom is -0.490 e. The topological polar surface area (TPSA) is 38.7 Å². The third-order valence-electron chi connectivity index (χ3n) is 3.06. The van der Waals surface area contributed by atoms with E-state index in [1.54, 1.807) is 11.8 Å². The first-order valence-corrected chi connectivity index (χ1v) is 7.44. The highest BCUT2D eigenvalue weighted by Crippen LogP contribution is 2.36. The largest absolute Gasteiger partial charge is 0.490 e. The third-order valence-corrected chi connectivity index (χ3v) is 4.06. The van der Waals surface area contributed by atoms with Crippen molar-refractivity contribution in [2.24, 2.45) is 0 Å². The van der Waals surface area contributed by atoms with Gasteiger partial charge in [0.25, 0.3) is 0 Å². The van der Waals surface area contributed by atoms with E-state index in [1.165, 1.54) is 0 Å². The quantitative estimate of drug-likeness (QED) is 0.938. The fourth-order valence-electron chi connectivity index (χ4n) is 2.01. The van der Waals surface area contributed by atoms with Crippen LogP contribution in [0, 0.1) is 0 Å². The third kappa shape index (κ3) is 3.08. The Morgan fingerprint density at radius 2 is 1.60 bits per heavy atom. The molecular formula is C16H16O3S. The van der Waals surface area contributed by atoms with E-state index in [9.17, 15) is 0 Å². The molecule has 1 heterocycles. The molecule has 0 unspecified atom stereocenters. The van der Waals surface area contributed by atoms with E-state index in [0.717, 1.165) is 33.3 Å². The molecule has 0 aromatic heterocycles. The minimum atomic E-state index is 0.0783. The smallest absolute Gasteiger partial charge is 0.162 e. The van der Waals surface area contributed by atoms with E-state index in [1.807, 2.05) is 42.5 Å². The van der Waals surface area contributed by atoms with Crippen LogP contribution in [-0.2, 0) is 6.61 Å². The van der Waals surface area contributed by atoms with Crippen LogP contribution in [0.1, 0.15) is 12.0 Å². The van der Waals surface area contributed by atoms with Crippen molar-refractivity contribution in [3.63, 3.8) is 0 Å². The Labute approximate surface area is 122 Å². The van der Waals surface area contributed by atoms with Crippen LogP contribution in [0.5, 0.6) is 11.5 Å². The van der Waals surface area contributed by atoms with E-state index in [0.29, 0.717) is 13.2 Å². The number of hydrogen-bond donors (Lipinski definition) is 1. The molecule has 0 amide bonds. The molecule has 0 saturated carbocycles. The van der Waals surface area contributed by atoms with E-state index in [4.69, 9.17) is 14.6 Å². The number of aliphatic hydroxyl groups is 1. The second-order valence-corrected chi connectivity index (χ2v) is 5.71. The zero-order chi connectivity index (χ0) is 13.8. The second kappa shape index (κ2) is 6.20. The summed E-state index contributed by atoms with van der Waals surface area (Å²) in [6, 6.07) is 13.9. The van der Waals surface area contributed by atoms with Crippen molar-refractivity contribution in [1.82, 2.24) is 0 Å². The van der Waals surface area contributed by atoms with Gasteiger partial charge in [0.15, 0.2) is 11.5 Å². The highest BCUT2D eigenvalue weighted by Gasteiger charge is 2.11. The SMILES string of the molecule is OCc1ccc(Sc2ccc3c(c2)OCCCO3)cc1. The van der Waals surface area contributed by atoms with E-state index in [-0.39, 0.29) is 6.61 Å². The van der Waals surface area contributed by atoms with Crippen LogP contribution in [0.2, 0.25) is 0 Å². The van der Waals surface area contributed by atoms with Crippen molar-refractivity contribution in [1.29, 1.82) is 0 Å². The van der Waals surface area contributed by atoms with Crippen LogP contribution in [0.15, 0.2) is 52.3 Å². The number of aliphatic hydroxyl groups excluding tert-OH is 1. The lowest BCUT2D eigenvalue weighted by Crippen LogP contribution is -1.97. The number of benzene rings is 2. The fraction of sp³-hybridized carbons (Fsp3) is 0.250. The molecule has 1 aliphatic rings. The normalized spacial score (nSPS) is 13.8. The molecular weight excluding hydrogens is 272 g/mol. The Morgan fingerprint density at radius 3 is 2.35 bits per heavy atom. The minimum absolute atomic E-state index is 0.0783. The van der Waals surface area contributed by atoms with Crippen molar-refractivity contribution >= 4 is 11.8 Å². The highest BCUT2D eigenvalue weighted by molar-refractivity contribution is 7.99. The molecule has 0 spiro atoms. The molecule has 0 radical (unpaired) electrons. The van der Waals surface area contributed by atoms with Crippen molar-refractivity contribution in [3.8, 4) is 11.5 Å². The summed E-state index contributed by atoms with van der Waals surface area (Å²) in [6.07, 6.45) is 0.916. The fourth-order valence-corrected chi connectivity index (χ4v) is 2.85. The van der Waals surface area contributed by atoms with Crippen LogP contribution >= 0.6 is 11.8 Å². The van der Waals surface area contributed by atoms with Gasteiger partial charge in [0.1, 0.15) is 0 Å². The molecule has 0 bridgehead atoms. The summed E-state index contributed by atoms with van der Waals surface area (Å²) in [6.45, 7) is 1.49. The maximum atomic E-state index is 9.04. The molecule has 20 heavy (non-hydrogen) atoms. The van der Waals surface area contributed by atoms with Gasteiger partial charge in [0.2, 0.25) is 0 Å². The van der Waals surface area contributed by atoms with Crippen LogP contribution in [-0.4, -0.2) is 18.3 Å². The van der Waals surface area contributed by atoms with Gasteiger partial charge in [-0.1, -0.05) is 23.9 Å². The Morgan fingerprint density at radius 1 is 0.900 bits per heavy atom. The number of fused-ring (bicyclic) bond motifs is 1. The molecule has 2 aromatic rings. The predicted molar refractivity (Wildman–Crippen MR) is 78.5 cm³/mol. The van der Waals surface area contributed by atoms with Gasteiger partial charge in [-0.2, -0.15) is 0 Å².